The van der Waals surface area contributed by atoms with Crippen LogP contribution in [0, 0.1) is 5.41 Å². The molecule has 0 aliphatic carbocycles. The molecule has 2 nitrogen and oxygen atoms in total. The lowest BCUT2D eigenvalue weighted by molar-refractivity contribution is 0.147. The quantitative estimate of drug-likeness (QED) is 0.736. The minimum atomic E-state index is 0.577. The van der Waals surface area contributed by atoms with Gasteiger partial charge in [-0.3, -0.25) is 0 Å². The van der Waals surface area contributed by atoms with Crippen molar-refractivity contribution < 1.29 is 0 Å². The normalized spacial score (nSPS) is 36.9. The van der Waals surface area contributed by atoms with Gasteiger partial charge >= 0.3 is 0 Å². The summed E-state index contributed by atoms with van der Waals surface area (Å²) in [7, 11) is 0. The number of nitrogens with zero attached hydrogens (tertiary/aromatic N) is 1. The Balaban J connectivity index is 1.89. The highest BCUT2D eigenvalue weighted by atomic mass is 15.2. The lowest BCUT2D eigenvalue weighted by Crippen LogP contribution is -2.47. The van der Waals surface area contributed by atoms with Crippen molar-refractivity contribution in [3.63, 3.8) is 0 Å². The van der Waals surface area contributed by atoms with Gasteiger partial charge in [0.15, 0.2) is 0 Å². The molecule has 2 aliphatic rings. The second-order valence-corrected chi connectivity index (χ2v) is 6.59. The van der Waals surface area contributed by atoms with Crippen molar-refractivity contribution in [2.45, 2.75) is 65.0 Å². The molecule has 0 saturated carbocycles. The summed E-state index contributed by atoms with van der Waals surface area (Å²) in [6.45, 7) is 11.1. The zero-order valence-corrected chi connectivity index (χ0v) is 11.3. The molecule has 0 spiro atoms. The highest BCUT2D eigenvalue weighted by Crippen LogP contribution is 2.31. The number of hydrogen-bond acceptors (Lipinski definition) is 2. The number of likely N-dealkylation sites (tertiary alicyclic amines) is 1. The van der Waals surface area contributed by atoms with Gasteiger partial charge in [0.1, 0.15) is 0 Å². The molecule has 2 aliphatic heterocycles. The van der Waals surface area contributed by atoms with Crippen LogP contribution in [0.15, 0.2) is 0 Å². The Morgan fingerprint density at radius 1 is 1.19 bits per heavy atom. The number of hydrogen-bond donors (Lipinski definition) is 1. The third kappa shape index (κ3) is 3.21. The molecule has 2 rings (SSSR count). The van der Waals surface area contributed by atoms with Gasteiger partial charge < -0.3 is 10.2 Å². The van der Waals surface area contributed by atoms with Crippen LogP contribution in [-0.2, 0) is 0 Å². The minimum absolute atomic E-state index is 0.577. The SMILES string of the molecule is CC1CC(N2CCCC(C)(C)CC2)CCN1. The van der Waals surface area contributed by atoms with Crippen LogP contribution in [0.4, 0.5) is 0 Å². The van der Waals surface area contributed by atoms with E-state index in [1.165, 1.54) is 51.7 Å². The molecule has 0 aromatic carbocycles. The van der Waals surface area contributed by atoms with Crippen molar-refractivity contribution in [1.82, 2.24) is 10.2 Å². The molecule has 2 saturated heterocycles. The zero-order chi connectivity index (χ0) is 11.6. The molecular weight excluding hydrogens is 196 g/mol. The van der Waals surface area contributed by atoms with E-state index < -0.39 is 0 Å². The molecule has 2 unspecified atom stereocenters. The number of rotatable bonds is 1. The van der Waals surface area contributed by atoms with Crippen LogP contribution >= 0.6 is 0 Å². The van der Waals surface area contributed by atoms with E-state index in [0.717, 1.165) is 12.1 Å². The highest BCUT2D eigenvalue weighted by molar-refractivity contribution is 4.85. The van der Waals surface area contributed by atoms with E-state index >= 15 is 0 Å². The van der Waals surface area contributed by atoms with Crippen LogP contribution < -0.4 is 5.32 Å². The van der Waals surface area contributed by atoms with Gasteiger partial charge in [-0.25, -0.2) is 0 Å². The third-order valence-corrected chi connectivity index (χ3v) is 4.49. The number of piperidine rings is 1. The maximum absolute atomic E-state index is 3.56. The summed E-state index contributed by atoms with van der Waals surface area (Å²) in [6, 6.07) is 1.57. The molecule has 2 heterocycles. The van der Waals surface area contributed by atoms with Crippen LogP contribution in [-0.4, -0.2) is 36.6 Å². The first kappa shape index (κ1) is 12.4. The predicted molar refractivity (Wildman–Crippen MR) is 69.7 cm³/mol. The molecule has 94 valence electrons. The molecule has 2 heteroatoms. The van der Waals surface area contributed by atoms with Gasteiger partial charge in [-0.1, -0.05) is 13.8 Å². The monoisotopic (exact) mass is 224 g/mol. The molecular formula is C14H28N2. The average molecular weight is 224 g/mol. The second kappa shape index (κ2) is 5.05. The van der Waals surface area contributed by atoms with E-state index in [-0.39, 0.29) is 0 Å². The molecule has 16 heavy (non-hydrogen) atoms. The molecule has 1 N–H and O–H groups in total. The topological polar surface area (TPSA) is 15.3 Å². The molecule has 0 radical (unpaired) electrons. The molecule has 0 aromatic rings. The van der Waals surface area contributed by atoms with Gasteiger partial charge in [0.2, 0.25) is 0 Å². The van der Waals surface area contributed by atoms with Gasteiger partial charge in [0.25, 0.3) is 0 Å². The smallest absolute Gasteiger partial charge is 0.0122 e. The van der Waals surface area contributed by atoms with Crippen molar-refractivity contribution in [3.05, 3.63) is 0 Å². The fraction of sp³-hybridized carbons (Fsp3) is 1.00. The first-order chi connectivity index (χ1) is 7.57. The van der Waals surface area contributed by atoms with Crippen molar-refractivity contribution in [3.8, 4) is 0 Å². The van der Waals surface area contributed by atoms with E-state index in [9.17, 15) is 0 Å². The lowest BCUT2D eigenvalue weighted by atomic mass is 9.85. The van der Waals surface area contributed by atoms with Crippen LogP contribution in [0.2, 0.25) is 0 Å². The molecule has 0 amide bonds. The Kier molecular flexibility index (Phi) is 3.91. The maximum atomic E-state index is 3.56. The zero-order valence-electron chi connectivity index (χ0n) is 11.3. The van der Waals surface area contributed by atoms with Crippen molar-refractivity contribution >= 4 is 0 Å². The minimum Gasteiger partial charge on any atom is -0.314 e. The first-order valence-electron chi connectivity index (χ1n) is 7.04. The van der Waals surface area contributed by atoms with Gasteiger partial charge in [-0.05, 0) is 64.1 Å². The Labute approximate surface area is 101 Å². The summed E-state index contributed by atoms with van der Waals surface area (Å²) < 4.78 is 0. The van der Waals surface area contributed by atoms with E-state index in [0.29, 0.717) is 5.41 Å². The summed E-state index contributed by atoms with van der Waals surface area (Å²) in [5.41, 5.74) is 0.577. The van der Waals surface area contributed by atoms with E-state index in [4.69, 9.17) is 0 Å². The fourth-order valence-corrected chi connectivity index (χ4v) is 3.25. The number of nitrogens with one attached hydrogen (secondary N) is 1. The Morgan fingerprint density at radius 2 is 2.00 bits per heavy atom. The Bertz CT molecular complexity index is 225. The lowest BCUT2D eigenvalue weighted by Gasteiger charge is -2.36. The highest BCUT2D eigenvalue weighted by Gasteiger charge is 2.28. The van der Waals surface area contributed by atoms with Gasteiger partial charge in [0.05, 0.1) is 0 Å². The summed E-state index contributed by atoms with van der Waals surface area (Å²) in [5.74, 6) is 0. The van der Waals surface area contributed by atoms with Gasteiger partial charge in [-0.15, -0.1) is 0 Å². The standard InChI is InChI=1S/C14H28N2/c1-12-11-13(5-8-15-12)16-9-4-6-14(2,3)7-10-16/h12-13,15H,4-11H2,1-3H3. The molecule has 0 aromatic heterocycles. The average Bonchev–Trinajstić information content (AvgIpc) is 2.39. The van der Waals surface area contributed by atoms with Crippen molar-refractivity contribution in [1.29, 1.82) is 0 Å². The summed E-state index contributed by atoms with van der Waals surface area (Å²) in [6.07, 6.45) is 6.88. The fourth-order valence-electron chi connectivity index (χ4n) is 3.25. The molecule has 2 fully saturated rings. The van der Waals surface area contributed by atoms with Crippen LogP contribution in [0.25, 0.3) is 0 Å². The summed E-state index contributed by atoms with van der Waals surface area (Å²) in [4.78, 5) is 2.77. The van der Waals surface area contributed by atoms with Gasteiger partial charge in [-0.2, -0.15) is 0 Å². The van der Waals surface area contributed by atoms with Gasteiger partial charge in [0, 0.05) is 12.1 Å². The van der Waals surface area contributed by atoms with E-state index in [2.05, 4.69) is 31.0 Å². The molecule has 2 atom stereocenters. The summed E-state index contributed by atoms with van der Waals surface area (Å²) >= 11 is 0. The first-order valence-corrected chi connectivity index (χ1v) is 7.04. The summed E-state index contributed by atoms with van der Waals surface area (Å²) in [5, 5.41) is 3.56. The second-order valence-electron chi connectivity index (χ2n) is 6.59. The largest absolute Gasteiger partial charge is 0.314 e. The van der Waals surface area contributed by atoms with Crippen molar-refractivity contribution in [2.75, 3.05) is 19.6 Å². The Hall–Kier alpha value is -0.0800. The predicted octanol–water partition coefficient (Wildman–Crippen LogP) is 2.64. The van der Waals surface area contributed by atoms with E-state index in [1.54, 1.807) is 0 Å². The van der Waals surface area contributed by atoms with Crippen LogP contribution in [0.5, 0.6) is 0 Å². The van der Waals surface area contributed by atoms with Crippen molar-refractivity contribution in [2.24, 2.45) is 5.41 Å². The van der Waals surface area contributed by atoms with Crippen LogP contribution in [0.1, 0.15) is 52.9 Å². The van der Waals surface area contributed by atoms with Crippen LogP contribution in [0.3, 0.4) is 0 Å². The maximum Gasteiger partial charge on any atom is 0.0122 e. The Morgan fingerprint density at radius 3 is 2.75 bits per heavy atom. The molecule has 0 bridgehead atoms. The van der Waals surface area contributed by atoms with E-state index in [1.807, 2.05) is 0 Å². The third-order valence-electron chi connectivity index (χ3n) is 4.49.